The van der Waals surface area contributed by atoms with Crippen molar-refractivity contribution >= 4 is 38.1 Å². The van der Waals surface area contributed by atoms with Gasteiger partial charge in [0.2, 0.25) is 0 Å². The number of nitrogens with two attached hydrogens (primary N) is 2. The normalized spacial score (nSPS) is 10.3. The van der Waals surface area contributed by atoms with Crippen LogP contribution in [0.15, 0.2) is 36.4 Å². The number of thioether (sulfide) groups is 1. The highest BCUT2D eigenvalue weighted by molar-refractivity contribution is 8.12. The highest BCUT2D eigenvalue weighted by Crippen LogP contribution is 2.21. The average molecular weight is 535 g/mol. The molecule has 170 valence electrons. The molecule has 0 aliphatic heterocycles. The van der Waals surface area contributed by atoms with E-state index in [9.17, 15) is 28.6 Å². The number of hydrogen-bond acceptors (Lipinski definition) is 7. The smallest absolute Gasteiger partial charge is 0.300 e. The fraction of sp³-hybridized carbons (Fsp3) is 0.278. The molecule has 0 heterocycles. The maximum atomic E-state index is 11.0. The van der Waals surface area contributed by atoms with Gasteiger partial charge in [0.1, 0.15) is 0 Å². The van der Waals surface area contributed by atoms with Gasteiger partial charge < -0.3 is 17.0 Å². The van der Waals surface area contributed by atoms with Gasteiger partial charge in [-0.15, -0.1) is 0 Å². The van der Waals surface area contributed by atoms with E-state index in [0.717, 1.165) is 11.8 Å². The Bertz CT molecular complexity index is 1080. The number of sulfone groups is 1. The van der Waals surface area contributed by atoms with Crippen LogP contribution in [0.5, 0.6) is 0 Å². The second-order valence-electron chi connectivity index (χ2n) is 6.52. The molecular weight excluding hydrogens is 512 g/mol. The van der Waals surface area contributed by atoms with Crippen LogP contribution in [0.4, 0.5) is 11.4 Å². The number of aryl methyl sites for hydroxylation is 2. The van der Waals surface area contributed by atoms with Gasteiger partial charge >= 0.3 is 0 Å². The van der Waals surface area contributed by atoms with Gasteiger partial charge in [0.05, 0.1) is 15.6 Å². The van der Waals surface area contributed by atoms with Crippen LogP contribution in [0.1, 0.15) is 22.3 Å². The van der Waals surface area contributed by atoms with Crippen molar-refractivity contribution in [2.45, 2.75) is 25.4 Å². The summed E-state index contributed by atoms with van der Waals surface area (Å²) in [4.78, 5) is 20.2. The molecule has 0 aliphatic rings. The van der Waals surface area contributed by atoms with Gasteiger partial charge in [-0.1, -0.05) is 12.1 Å². The van der Waals surface area contributed by atoms with E-state index >= 15 is 0 Å². The molecule has 2 rings (SSSR count). The number of amidine groups is 1. The lowest BCUT2D eigenvalue weighted by Gasteiger charge is -2.01. The molecule has 2 aromatic rings. The molecular formula is C18H23BrN4O6S2. The Morgan fingerprint density at radius 3 is 1.77 bits per heavy atom. The van der Waals surface area contributed by atoms with Crippen LogP contribution in [-0.2, 0) is 21.3 Å². The molecule has 0 saturated carbocycles. The molecule has 0 saturated heterocycles. The van der Waals surface area contributed by atoms with Gasteiger partial charge in [-0.25, -0.2) is 8.42 Å². The summed E-state index contributed by atoms with van der Waals surface area (Å²) in [6.07, 6.45) is 1.13. The first-order valence-corrected chi connectivity index (χ1v) is 11.5. The average Bonchev–Trinajstić information content (AvgIpc) is 2.58. The van der Waals surface area contributed by atoms with Crippen molar-refractivity contribution in [3.8, 4) is 0 Å². The van der Waals surface area contributed by atoms with E-state index in [1.807, 2.05) is 0 Å². The SMILES string of the molecule is Cc1cc(CS(C)(=O)=O)ccc1[N+](=O)[O-].Cc1cc(CSC(N)=[NH2+])ccc1[N+](=O)[O-].[Br-]. The summed E-state index contributed by atoms with van der Waals surface area (Å²) < 4.78 is 22.0. The van der Waals surface area contributed by atoms with Crippen molar-refractivity contribution in [2.24, 2.45) is 5.73 Å². The molecule has 0 radical (unpaired) electrons. The van der Waals surface area contributed by atoms with Crippen LogP contribution in [0.3, 0.4) is 0 Å². The summed E-state index contributed by atoms with van der Waals surface area (Å²) in [7, 11) is -3.10. The molecule has 0 amide bonds. The minimum absolute atomic E-state index is 0. The van der Waals surface area contributed by atoms with Crippen LogP contribution in [0, 0.1) is 34.1 Å². The van der Waals surface area contributed by atoms with E-state index in [0.29, 0.717) is 27.6 Å². The second-order valence-corrected chi connectivity index (χ2v) is 9.71. The topological polar surface area (TPSA) is 172 Å². The molecule has 0 aromatic heterocycles. The zero-order valence-electron chi connectivity index (χ0n) is 17.1. The molecule has 2 aromatic carbocycles. The molecule has 0 spiro atoms. The number of hydrogen-bond donors (Lipinski definition) is 2. The predicted octanol–water partition coefficient (Wildman–Crippen LogP) is -1.34. The molecule has 31 heavy (non-hydrogen) atoms. The minimum Gasteiger partial charge on any atom is -1.00 e. The number of nitro groups is 2. The van der Waals surface area contributed by atoms with Gasteiger partial charge in [-0.05, 0) is 48.9 Å². The summed E-state index contributed by atoms with van der Waals surface area (Å²) in [6, 6.07) is 9.30. The zero-order valence-corrected chi connectivity index (χ0v) is 20.3. The molecule has 10 nitrogen and oxygen atoms in total. The first-order chi connectivity index (χ1) is 13.8. The molecule has 0 fully saturated rings. The third-order valence-corrected chi connectivity index (χ3v) is 5.42. The minimum atomic E-state index is -3.10. The Balaban J connectivity index is 0.000000562. The second kappa shape index (κ2) is 12.4. The number of nitrogens with zero attached hydrogens (tertiary/aromatic N) is 2. The highest BCUT2D eigenvalue weighted by atomic mass is 79.9. The summed E-state index contributed by atoms with van der Waals surface area (Å²) in [6.45, 7) is 3.30. The van der Waals surface area contributed by atoms with Crippen molar-refractivity contribution in [3.05, 3.63) is 78.9 Å². The number of benzene rings is 2. The van der Waals surface area contributed by atoms with Crippen LogP contribution in [-0.4, -0.2) is 29.7 Å². The lowest BCUT2D eigenvalue weighted by Crippen LogP contribution is -3.00. The fourth-order valence-corrected chi connectivity index (χ4v) is 3.79. The Morgan fingerprint density at radius 2 is 1.42 bits per heavy atom. The first-order valence-electron chi connectivity index (χ1n) is 8.46. The quantitative estimate of drug-likeness (QED) is 0.198. The van der Waals surface area contributed by atoms with Crippen molar-refractivity contribution in [3.63, 3.8) is 0 Å². The predicted molar refractivity (Wildman–Crippen MR) is 117 cm³/mol. The number of halogens is 1. The van der Waals surface area contributed by atoms with E-state index in [4.69, 9.17) is 11.1 Å². The summed E-state index contributed by atoms with van der Waals surface area (Å²) in [5.74, 6) is 0.535. The molecule has 4 N–H and O–H groups in total. The summed E-state index contributed by atoms with van der Waals surface area (Å²) in [5.41, 5.74) is 8.10. The number of nitro benzene ring substituents is 2. The van der Waals surface area contributed by atoms with Crippen molar-refractivity contribution in [1.82, 2.24) is 0 Å². The lowest BCUT2D eigenvalue weighted by molar-refractivity contribution is -0.385. The maximum absolute atomic E-state index is 11.0. The van der Waals surface area contributed by atoms with Crippen LogP contribution in [0.25, 0.3) is 0 Å². The molecule has 0 bridgehead atoms. The number of rotatable bonds is 6. The Kier molecular flexibility index (Phi) is 11.4. The zero-order chi connectivity index (χ0) is 23.1. The van der Waals surface area contributed by atoms with Gasteiger partial charge in [0.15, 0.2) is 9.84 Å². The van der Waals surface area contributed by atoms with Crippen molar-refractivity contribution in [2.75, 3.05) is 6.26 Å². The van der Waals surface area contributed by atoms with Crippen LogP contribution >= 0.6 is 11.8 Å². The van der Waals surface area contributed by atoms with Gasteiger partial charge in [0, 0.05) is 35.3 Å². The summed E-state index contributed by atoms with van der Waals surface area (Å²) in [5, 5.41) is 26.7. The molecule has 0 unspecified atom stereocenters. The van der Waals surface area contributed by atoms with Gasteiger partial charge in [-0.3, -0.25) is 31.4 Å². The molecule has 0 atom stereocenters. The van der Waals surface area contributed by atoms with Gasteiger partial charge in [0.25, 0.3) is 16.5 Å². The van der Waals surface area contributed by atoms with Gasteiger partial charge in [-0.2, -0.15) is 0 Å². The van der Waals surface area contributed by atoms with E-state index < -0.39 is 19.7 Å². The molecule has 13 heteroatoms. The third kappa shape index (κ3) is 10.4. The largest absolute Gasteiger partial charge is 1.00 e. The maximum Gasteiger partial charge on any atom is 0.300 e. The monoisotopic (exact) mass is 534 g/mol. The van der Waals surface area contributed by atoms with E-state index in [-0.39, 0.29) is 34.1 Å². The summed E-state index contributed by atoms with van der Waals surface area (Å²) >= 11 is 1.31. The van der Waals surface area contributed by atoms with E-state index in [1.54, 1.807) is 26.0 Å². The lowest BCUT2D eigenvalue weighted by atomic mass is 10.1. The Hall–Kier alpha value is -2.51. The Labute approximate surface area is 194 Å². The van der Waals surface area contributed by atoms with Crippen molar-refractivity contribution < 1.29 is 40.7 Å². The van der Waals surface area contributed by atoms with E-state index in [2.05, 4.69) is 0 Å². The highest BCUT2D eigenvalue weighted by Gasteiger charge is 2.12. The standard InChI is InChI=1S/C9H11N3O2S.C9H11NO4S.BrH/c1-6-4-7(5-15-9(10)11)2-3-8(6)12(13)14;1-7-5-8(6-15(2,13)14)3-4-9(7)10(11)12;/h2-4H,5H2,1H3,(H3,10,11);3-5H,6H2,1-2H3;1H. The third-order valence-electron chi connectivity index (χ3n) is 3.75. The Morgan fingerprint density at radius 1 is 1.00 bits per heavy atom. The van der Waals surface area contributed by atoms with Crippen LogP contribution < -0.4 is 28.1 Å². The fourth-order valence-electron chi connectivity index (χ4n) is 2.49. The first kappa shape index (κ1) is 28.5. The van der Waals surface area contributed by atoms with Crippen LogP contribution in [0.2, 0.25) is 0 Å². The van der Waals surface area contributed by atoms with E-state index in [1.165, 1.54) is 36.0 Å². The molecule has 0 aliphatic carbocycles. The van der Waals surface area contributed by atoms with Crippen molar-refractivity contribution in [1.29, 1.82) is 0 Å².